The number of aryl methyl sites for hydroxylation is 2. The zero-order valence-electron chi connectivity index (χ0n) is 13.9. The van der Waals surface area contributed by atoms with Gasteiger partial charge in [-0.25, -0.2) is 13.1 Å². The third-order valence-electron chi connectivity index (χ3n) is 3.63. The van der Waals surface area contributed by atoms with E-state index in [1.165, 1.54) is 0 Å². The van der Waals surface area contributed by atoms with Crippen LogP contribution in [0.5, 0.6) is 0 Å². The molecule has 0 fully saturated rings. The first-order valence-electron chi connectivity index (χ1n) is 7.49. The number of anilines is 1. The Kier molecular flexibility index (Phi) is 5.38. The molecule has 0 aliphatic heterocycles. The Morgan fingerprint density at radius 2 is 2.04 bits per heavy atom. The van der Waals surface area contributed by atoms with Gasteiger partial charge in [0, 0.05) is 39.3 Å². The zero-order valence-corrected chi connectivity index (χ0v) is 14.8. The number of benzene rings is 1. The summed E-state index contributed by atoms with van der Waals surface area (Å²) in [4.78, 5) is 2.17. The molecule has 23 heavy (non-hydrogen) atoms. The third kappa shape index (κ3) is 4.08. The highest BCUT2D eigenvalue weighted by Crippen LogP contribution is 2.22. The van der Waals surface area contributed by atoms with Crippen molar-refractivity contribution in [2.24, 2.45) is 0 Å². The normalized spacial score (nSPS) is 11.7. The average molecular weight is 337 g/mol. The van der Waals surface area contributed by atoms with Gasteiger partial charge in [0.15, 0.2) is 0 Å². The summed E-state index contributed by atoms with van der Waals surface area (Å²) in [5, 5.41) is 7.82. The van der Waals surface area contributed by atoms with Crippen LogP contribution < -0.4 is 9.62 Å². The van der Waals surface area contributed by atoms with Crippen LogP contribution >= 0.6 is 0 Å². The van der Waals surface area contributed by atoms with Crippen molar-refractivity contribution in [3.63, 3.8) is 0 Å². The predicted molar refractivity (Wildman–Crippen MR) is 90.1 cm³/mol. The summed E-state index contributed by atoms with van der Waals surface area (Å²) in [5.41, 5.74) is 1.92. The van der Waals surface area contributed by atoms with E-state index in [0.717, 1.165) is 23.5 Å². The monoisotopic (exact) mass is 337 g/mol. The Bertz CT molecular complexity index is 768. The van der Waals surface area contributed by atoms with E-state index in [2.05, 4.69) is 14.9 Å². The van der Waals surface area contributed by atoms with E-state index in [4.69, 9.17) is 0 Å². The minimum atomic E-state index is -3.54. The molecule has 0 atom stereocenters. The van der Waals surface area contributed by atoms with E-state index in [1.807, 2.05) is 43.5 Å². The predicted octanol–water partition coefficient (Wildman–Crippen LogP) is 1.19. The lowest BCUT2D eigenvalue weighted by atomic mass is 10.2. The van der Waals surface area contributed by atoms with Gasteiger partial charge in [0.2, 0.25) is 10.0 Å². The molecule has 2 rings (SSSR count). The maximum absolute atomic E-state index is 12.4. The third-order valence-corrected chi connectivity index (χ3v) is 5.09. The lowest BCUT2D eigenvalue weighted by molar-refractivity contribution is 0.569. The molecule has 1 aromatic carbocycles. The highest BCUT2D eigenvalue weighted by Gasteiger charge is 2.15. The molecule has 126 valence electrons. The number of hydrogen-bond acceptors (Lipinski definition) is 5. The average Bonchev–Trinajstić information content (AvgIpc) is 2.94. The molecule has 1 heterocycles. The fourth-order valence-corrected chi connectivity index (χ4v) is 3.40. The van der Waals surface area contributed by atoms with E-state index in [9.17, 15) is 8.42 Å². The molecule has 0 saturated heterocycles. The lowest BCUT2D eigenvalue weighted by Crippen LogP contribution is -2.28. The molecule has 0 saturated carbocycles. The zero-order chi connectivity index (χ0) is 17.0. The van der Waals surface area contributed by atoms with Crippen LogP contribution in [-0.4, -0.2) is 43.8 Å². The molecule has 7 nitrogen and oxygen atoms in total. The first-order valence-corrected chi connectivity index (χ1v) is 8.97. The molecule has 0 unspecified atom stereocenters. The van der Waals surface area contributed by atoms with Crippen molar-refractivity contribution in [3.8, 4) is 0 Å². The van der Waals surface area contributed by atoms with Crippen LogP contribution in [0.3, 0.4) is 0 Å². The highest BCUT2D eigenvalue weighted by molar-refractivity contribution is 7.89. The first kappa shape index (κ1) is 17.4. The smallest absolute Gasteiger partial charge is 0.240 e. The standard InChI is InChI=1S/C15H23N5O2S/c1-5-15-18-16-11-20(15)9-8-17-23(21,22)13-7-6-12(2)14(10-13)19(3)4/h6-7,10-11,17H,5,8-9H2,1-4H3. The van der Waals surface area contributed by atoms with Crippen LogP contribution in [0, 0.1) is 6.92 Å². The van der Waals surface area contributed by atoms with Gasteiger partial charge < -0.3 is 9.47 Å². The van der Waals surface area contributed by atoms with E-state index < -0.39 is 10.0 Å². The molecule has 0 spiro atoms. The fraction of sp³-hybridized carbons (Fsp3) is 0.467. The topological polar surface area (TPSA) is 80.1 Å². The van der Waals surface area contributed by atoms with Gasteiger partial charge in [-0.3, -0.25) is 0 Å². The number of hydrogen-bond donors (Lipinski definition) is 1. The van der Waals surface area contributed by atoms with E-state index in [0.29, 0.717) is 13.1 Å². The Labute approximate surface area is 137 Å². The van der Waals surface area contributed by atoms with Crippen LogP contribution in [0.2, 0.25) is 0 Å². The van der Waals surface area contributed by atoms with Crippen molar-refractivity contribution in [3.05, 3.63) is 35.9 Å². The Hall–Kier alpha value is -1.93. The quantitative estimate of drug-likeness (QED) is 0.821. The molecule has 0 aliphatic rings. The fourth-order valence-electron chi connectivity index (χ4n) is 2.36. The van der Waals surface area contributed by atoms with E-state index >= 15 is 0 Å². The van der Waals surface area contributed by atoms with E-state index in [-0.39, 0.29) is 4.90 Å². The van der Waals surface area contributed by atoms with Gasteiger partial charge in [-0.05, 0) is 24.6 Å². The number of nitrogens with zero attached hydrogens (tertiary/aromatic N) is 4. The Morgan fingerprint density at radius 1 is 1.30 bits per heavy atom. The van der Waals surface area contributed by atoms with Gasteiger partial charge in [0.25, 0.3) is 0 Å². The van der Waals surface area contributed by atoms with Crippen molar-refractivity contribution in [1.82, 2.24) is 19.5 Å². The molecule has 1 aromatic heterocycles. The summed E-state index contributed by atoms with van der Waals surface area (Å²) < 4.78 is 29.3. The molecule has 0 bridgehead atoms. The number of aromatic nitrogens is 3. The van der Waals surface area contributed by atoms with Gasteiger partial charge in [0.05, 0.1) is 4.90 Å². The van der Waals surface area contributed by atoms with Crippen molar-refractivity contribution >= 4 is 15.7 Å². The van der Waals surface area contributed by atoms with Gasteiger partial charge in [0.1, 0.15) is 12.2 Å². The molecule has 0 amide bonds. The second-order valence-corrected chi connectivity index (χ2v) is 7.30. The van der Waals surface area contributed by atoms with Crippen LogP contribution in [0.4, 0.5) is 5.69 Å². The minimum absolute atomic E-state index is 0.270. The summed E-state index contributed by atoms with van der Waals surface area (Å²) in [6, 6.07) is 5.13. The van der Waals surface area contributed by atoms with Gasteiger partial charge >= 0.3 is 0 Å². The van der Waals surface area contributed by atoms with Crippen LogP contribution in [0.1, 0.15) is 18.3 Å². The summed E-state index contributed by atoms with van der Waals surface area (Å²) >= 11 is 0. The van der Waals surface area contributed by atoms with Crippen LogP contribution in [0.15, 0.2) is 29.4 Å². The second kappa shape index (κ2) is 7.10. The summed E-state index contributed by atoms with van der Waals surface area (Å²) in [6.45, 7) is 4.73. The number of sulfonamides is 1. The summed E-state index contributed by atoms with van der Waals surface area (Å²) in [5.74, 6) is 0.842. The maximum Gasteiger partial charge on any atom is 0.240 e. The van der Waals surface area contributed by atoms with Crippen molar-refractivity contribution < 1.29 is 8.42 Å². The molecular weight excluding hydrogens is 314 g/mol. The van der Waals surface area contributed by atoms with Gasteiger partial charge in [-0.1, -0.05) is 13.0 Å². The molecule has 0 aliphatic carbocycles. The first-order chi connectivity index (χ1) is 10.8. The van der Waals surface area contributed by atoms with Gasteiger partial charge in [-0.2, -0.15) is 0 Å². The van der Waals surface area contributed by atoms with Crippen LogP contribution in [0.25, 0.3) is 0 Å². The SMILES string of the molecule is CCc1nncn1CCNS(=O)(=O)c1ccc(C)c(N(C)C)c1. The second-order valence-electron chi connectivity index (χ2n) is 5.53. The molecule has 1 N–H and O–H groups in total. The molecule has 0 radical (unpaired) electrons. The minimum Gasteiger partial charge on any atom is -0.377 e. The van der Waals surface area contributed by atoms with E-state index in [1.54, 1.807) is 18.5 Å². The Morgan fingerprint density at radius 3 is 2.70 bits per heavy atom. The summed E-state index contributed by atoms with van der Waals surface area (Å²) in [7, 11) is 0.250. The lowest BCUT2D eigenvalue weighted by Gasteiger charge is -2.17. The van der Waals surface area contributed by atoms with Gasteiger partial charge in [-0.15, -0.1) is 10.2 Å². The van der Waals surface area contributed by atoms with Crippen molar-refractivity contribution in [1.29, 1.82) is 0 Å². The Balaban J connectivity index is 2.09. The number of rotatable bonds is 7. The molecule has 8 heteroatoms. The molecule has 2 aromatic rings. The van der Waals surface area contributed by atoms with Crippen LogP contribution in [-0.2, 0) is 23.0 Å². The van der Waals surface area contributed by atoms with Crippen molar-refractivity contribution in [2.45, 2.75) is 31.7 Å². The molecular formula is C15H23N5O2S. The summed E-state index contributed by atoms with van der Waals surface area (Å²) in [6.07, 6.45) is 2.38. The largest absolute Gasteiger partial charge is 0.377 e. The number of nitrogens with one attached hydrogen (secondary N) is 1. The maximum atomic E-state index is 12.4. The van der Waals surface area contributed by atoms with Crippen molar-refractivity contribution in [2.75, 3.05) is 25.5 Å². The highest BCUT2D eigenvalue weighted by atomic mass is 32.2.